The molecule has 0 saturated heterocycles. The highest BCUT2D eigenvalue weighted by molar-refractivity contribution is 7.89. The first-order chi connectivity index (χ1) is 8.97. The normalized spacial score (nSPS) is 11.8. The Balaban J connectivity index is 3.13. The highest BCUT2D eigenvalue weighted by Gasteiger charge is 2.24. The van der Waals surface area contributed by atoms with E-state index in [1.807, 2.05) is 0 Å². The second-order valence-corrected chi connectivity index (χ2v) is 6.22. The van der Waals surface area contributed by atoms with Crippen LogP contribution in [0.3, 0.4) is 0 Å². The topological polar surface area (TPSA) is 55.8 Å². The van der Waals surface area contributed by atoms with Crippen LogP contribution in [0, 0.1) is 0 Å². The van der Waals surface area contributed by atoms with Gasteiger partial charge < -0.3 is 9.47 Å². The number of alkyl halides is 1. The molecular weight excluding hydrogens is 290 g/mol. The van der Waals surface area contributed by atoms with Crippen LogP contribution >= 0.6 is 11.6 Å². The van der Waals surface area contributed by atoms with Crippen molar-refractivity contribution in [3.8, 4) is 5.75 Å². The maximum absolute atomic E-state index is 12.4. The van der Waals surface area contributed by atoms with Gasteiger partial charge in [-0.05, 0) is 17.7 Å². The van der Waals surface area contributed by atoms with Crippen molar-refractivity contribution in [1.82, 2.24) is 4.31 Å². The zero-order valence-corrected chi connectivity index (χ0v) is 12.8. The van der Waals surface area contributed by atoms with E-state index in [1.54, 1.807) is 12.1 Å². The van der Waals surface area contributed by atoms with Crippen molar-refractivity contribution >= 4 is 21.6 Å². The molecule has 19 heavy (non-hydrogen) atoms. The number of hydrogen-bond acceptors (Lipinski definition) is 4. The van der Waals surface area contributed by atoms with Crippen molar-refractivity contribution in [2.45, 2.75) is 10.8 Å². The van der Waals surface area contributed by atoms with E-state index >= 15 is 0 Å². The van der Waals surface area contributed by atoms with Crippen LogP contribution in [-0.4, -0.2) is 47.1 Å². The maximum atomic E-state index is 12.4. The zero-order chi connectivity index (χ0) is 14.5. The summed E-state index contributed by atoms with van der Waals surface area (Å²) in [5.41, 5.74) is 0.803. The third-order valence-electron chi connectivity index (χ3n) is 2.68. The standard InChI is InChI=1S/C12H18ClNO4S/c1-14(6-7-17-2)19(15,16)12-5-4-10(9-13)8-11(12)18-3/h4-5,8H,6-7,9H2,1-3H3. The number of rotatable bonds is 7. The Morgan fingerprint density at radius 2 is 2.00 bits per heavy atom. The van der Waals surface area contributed by atoms with E-state index in [-0.39, 0.29) is 11.4 Å². The summed E-state index contributed by atoms with van der Waals surface area (Å²) in [6.45, 7) is 0.608. The highest BCUT2D eigenvalue weighted by atomic mass is 35.5. The van der Waals surface area contributed by atoms with Crippen LogP contribution in [0.4, 0.5) is 0 Å². The van der Waals surface area contributed by atoms with Crippen LogP contribution in [0.5, 0.6) is 5.75 Å². The van der Waals surface area contributed by atoms with Crippen LogP contribution in [0.1, 0.15) is 5.56 Å². The number of methoxy groups -OCH3 is 2. The van der Waals surface area contributed by atoms with Gasteiger partial charge in [-0.1, -0.05) is 6.07 Å². The number of benzene rings is 1. The lowest BCUT2D eigenvalue weighted by atomic mass is 10.2. The summed E-state index contributed by atoms with van der Waals surface area (Å²) in [6.07, 6.45) is 0. The number of nitrogens with zero attached hydrogens (tertiary/aromatic N) is 1. The Morgan fingerprint density at radius 3 is 2.53 bits per heavy atom. The van der Waals surface area contributed by atoms with Gasteiger partial charge in [-0.3, -0.25) is 0 Å². The molecule has 5 nitrogen and oxygen atoms in total. The van der Waals surface area contributed by atoms with Gasteiger partial charge in [0.15, 0.2) is 0 Å². The van der Waals surface area contributed by atoms with Crippen molar-refractivity contribution in [2.75, 3.05) is 34.4 Å². The molecule has 0 N–H and O–H groups in total. The Kier molecular flexibility index (Phi) is 6.06. The summed E-state index contributed by atoms with van der Waals surface area (Å²) in [5, 5.41) is 0. The molecule has 1 rings (SSSR count). The third kappa shape index (κ3) is 3.82. The first kappa shape index (κ1) is 16.2. The predicted octanol–water partition coefficient (Wildman–Crippen LogP) is 1.70. The van der Waals surface area contributed by atoms with E-state index in [0.29, 0.717) is 18.2 Å². The summed E-state index contributed by atoms with van der Waals surface area (Å²) in [4.78, 5) is 0.127. The van der Waals surface area contributed by atoms with Crippen molar-refractivity contribution in [3.63, 3.8) is 0 Å². The molecule has 0 fully saturated rings. The van der Waals surface area contributed by atoms with Crippen LogP contribution in [0.2, 0.25) is 0 Å². The minimum atomic E-state index is -3.59. The quantitative estimate of drug-likeness (QED) is 0.720. The molecule has 1 aromatic carbocycles. The van der Waals surface area contributed by atoms with Crippen LogP contribution in [-0.2, 0) is 20.6 Å². The lowest BCUT2D eigenvalue weighted by molar-refractivity contribution is 0.185. The van der Waals surface area contributed by atoms with E-state index in [1.165, 1.54) is 31.6 Å². The van der Waals surface area contributed by atoms with Crippen molar-refractivity contribution in [2.24, 2.45) is 0 Å². The number of halogens is 1. The first-order valence-electron chi connectivity index (χ1n) is 5.65. The minimum absolute atomic E-state index is 0.127. The Labute approximate surface area is 119 Å². The van der Waals surface area contributed by atoms with Gasteiger partial charge in [0.2, 0.25) is 10.0 Å². The van der Waals surface area contributed by atoms with Gasteiger partial charge in [-0.25, -0.2) is 8.42 Å². The van der Waals surface area contributed by atoms with Gasteiger partial charge in [-0.2, -0.15) is 4.31 Å². The van der Waals surface area contributed by atoms with Gasteiger partial charge in [0.25, 0.3) is 0 Å². The summed E-state index contributed by atoms with van der Waals surface area (Å²) < 4.78 is 36.0. The van der Waals surface area contributed by atoms with E-state index in [2.05, 4.69) is 0 Å². The fourth-order valence-electron chi connectivity index (χ4n) is 1.52. The molecular formula is C12H18ClNO4S. The highest BCUT2D eigenvalue weighted by Crippen LogP contribution is 2.27. The van der Waals surface area contributed by atoms with Crippen LogP contribution < -0.4 is 4.74 Å². The van der Waals surface area contributed by atoms with Gasteiger partial charge in [-0.15, -0.1) is 11.6 Å². The van der Waals surface area contributed by atoms with Crippen molar-refractivity contribution in [1.29, 1.82) is 0 Å². The fraction of sp³-hybridized carbons (Fsp3) is 0.500. The molecule has 0 radical (unpaired) electrons. The predicted molar refractivity (Wildman–Crippen MR) is 74.2 cm³/mol. The van der Waals surface area contributed by atoms with Crippen LogP contribution in [0.15, 0.2) is 23.1 Å². The molecule has 0 aromatic heterocycles. The Bertz CT molecular complexity index is 518. The molecule has 1 aromatic rings. The average Bonchev–Trinajstić information content (AvgIpc) is 2.43. The molecule has 0 heterocycles. The smallest absolute Gasteiger partial charge is 0.246 e. The SMILES string of the molecule is COCCN(C)S(=O)(=O)c1ccc(CCl)cc1OC. The summed E-state index contributed by atoms with van der Waals surface area (Å²) >= 11 is 5.72. The minimum Gasteiger partial charge on any atom is -0.495 e. The fourth-order valence-corrected chi connectivity index (χ4v) is 2.97. The third-order valence-corrected chi connectivity index (χ3v) is 4.89. The molecule has 0 amide bonds. The average molecular weight is 308 g/mol. The Hall–Kier alpha value is -0.820. The van der Waals surface area contributed by atoms with Gasteiger partial charge in [0.05, 0.1) is 13.7 Å². The van der Waals surface area contributed by atoms with E-state index in [9.17, 15) is 8.42 Å². The first-order valence-corrected chi connectivity index (χ1v) is 7.63. The van der Waals surface area contributed by atoms with Gasteiger partial charge in [0.1, 0.15) is 10.6 Å². The zero-order valence-electron chi connectivity index (χ0n) is 11.2. The Morgan fingerprint density at radius 1 is 1.32 bits per heavy atom. The van der Waals surface area contributed by atoms with Gasteiger partial charge >= 0.3 is 0 Å². The summed E-state index contributed by atoms with van der Waals surface area (Å²) in [7, 11) is 0.866. The van der Waals surface area contributed by atoms with Crippen LogP contribution in [0.25, 0.3) is 0 Å². The molecule has 108 valence electrons. The largest absolute Gasteiger partial charge is 0.495 e. The number of sulfonamides is 1. The van der Waals surface area contributed by atoms with E-state index in [0.717, 1.165) is 5.56 Å². The molecule has 0 aliphatic heterocycles. The molecule has 7 heteroatoms. The lowest BCUT2D eigenvalue weighted by Crippen LogP contribution is -2.30. The molecule has 0 bridgehead atoms. The monoisotopic (exact) mass is 307 g/mol. The molecule has 0 saturated carbocycles. The second kappa shape index (κ2) is 7.09. The van der Waals surface area contributed by atoms with E-state index < -0.39 is 10.0 Å². The van der Waals surface area contributed by atoms with E-state index in [4.69, 9.17) is 21.1 Å². The number of hydrogen-bond donors (Lipinski definition) is 0. The number of likely N-dealkylation sites (N-methyl/N-ethyl adjacent to an activating group) is 1. The molecule has 0 atom stereocenters. The molecule has 0 aliphatic carbocycles. The molecule has 0 unspecified atom stereocenters. The summed E-state index contributed by atoms with van der Waals surface area (Å²) in [6, 6.07) is 4.81. The molecule has 0 spiro atoms. The number of ether oxygens (including phenoxy) is 2. The second-order valence-electron chi connectivity index (χ2n) is 3.94. The lowest BCUT2D eigenvalue weighted by Gasteiger charge is -2.18. The molecule has 0 aliphatic rings. The van der Waals surface area contributed by atoms with Crippen molar-refractivity contribution in [3.05, 3.63) is 23.8 Å². The van der Waals surface area contributed by atoms with Crippen molar-refractivity contribution < 1.29 is 17.9 Å². The summed E-state index contributed by atoms with van der Waals surface area (Å²) in [5.74, 6) is 0.596. The van der Waals surface area contributed by atoms with Gasteiger partial charge in [0, 0.05) is 26.6 Å². The maximum Gasteiger partial charge on any atom is 0.246 e.